The molecular weight excluding hydrogens is 412 g/mol. The number of benzene rings is 1. The Kier molecular flexibility index (Phi) is 5.25. The van der Waals surface area contributed by atoms with E-state index in [-0.39, 0.29) is 24.6 Å². The SMILES string of the molecule is O=C(NCCn1nc(-n2cncn2)ccc1=O)c1cc(Br)ccc1Cl. The summed E-state index contributed by atoms with van der Waals surface area (Å²) in [6.45, 7) is 0.425. The Bertz CT molecular complexity index is 957. The van der Waals surface area contributed by atoms with Crippen LogP contribution in [0.3, 0.4) is 0 Å². The number of halogens is 2. The van der Waals surface area contributed by atoms with Gasteiger partial charge in [0, 0.05) is 17.1 Å². The monoisotopic (exact) mass is 422 g/mol. The molecule has 1 amide bonds. The normalized spacial score (nSPS) is 10.6. The molecule has 3 rings (SSSR count). The number of nitrogens with one attached hydrogen (secondary N) is 1. The zero-order chi connectivity index (χ0) is 17.8. The number of nitrogens with zero attached hydrogens (tertiary/aromatic N) is 5. The molecule has 2 heterocycles. The Hall–Kier alpha value is -2.52. The van der Waals surface area contributed by atoms with Crippen LogP contribution in [0.4, 0.5) is 0 Å². The molecule has 2 aromatic heterocycles. The van der Waals surface area contributed by atoms with Gasteiger partial charge in [-0.1, -0.05) is 27.5 Å². The molecule has 3 aromatic rings. The highest BCUT2D eigenvalue weighted by Gasteiger charge is 2.11. The zero-order valence-electron chi connectivity index (χ0n) is 12.8. The average Bonchev–Trinajstić information content (AvgIpc) is 3.13. The molecule has 8 nitrogen and oxygen atoms in total. The van der Waals surface area contributed by atoms with Crippen molar-refractivity contribution in [1.82, 2.24) is 29.9 Å². The molecule has 0 aliphatic rings. The Morgan fingerprint density at radius 3 is 2.88 bits per heavy atom. The van der Waals surface area contributed by atoms with Crippen molar-refractivity contribution in [1.29, 1.82) is 0 Å². The molecule has 0 fully saturated rings. The highest BCUT2D eigenvalue weighted by atomic mass is 79.9. The summed E-state index contributed by atoms with van der Waals surface area (Å²) in [5.41, 5.74) is 0.0753. The van der Waals surface area contributed by atoms with Gasteiger partial charge in [-0.2, -0.15) is 5.10 Å². The van der Waals surface area contributed by atoms with Gasteiger partial charge in [-0.05, 0) is 24.3 Å². The molecule has 0 unspecified atom stereocenters. The summed E-state index contributed by atoms with van der Waals surface area (Å²) >= 11 is 9.32. The molecule has 0 saturated carbocycles. The molecule has 0 saturated heterocycles. The van der Waals surface area contributed by atoms with E-state index in [9.17, 15) is 9.59 Å². The third-order valence-electron chi connectivity index (χ3n) is 3.29. The maximum atomic E-state index is 12.2. The van der Waals surface area contributed by atoms with E-state index in [1.807, 2.05) is 0 Å². The van der Waals surface area contributed by atoms with Crippen LogP contribution in [-0.4, -0.2) is 37.0 Å². The summed E-state index contributed by atoms with van der Waals surface area (Å²) in [5, 5.41) is 11.2. The fourth-order valence-corrected chi connectivity index (χ4v) is 2.65. The van der Waals surface area contributed by atoms with Crippen LogP contribution in [0, 0.1) is 0 Å². The van der Waals surface area contributed by atoms with Crippen LogP contribution in [0.5, 0.6) is 0 Å². The third kappa shape index (κ3) is 4.12. The minimum atomic E-state index is -0.327. The van der Waals surface area contributed by atoms with E-state index in [2.05, 4.69) is 36.4 Å². The minimum absolute atomic E-state index is 0.207. The summed E-state index contributed by atoms with van der Waals surface area (Å²) in [6.07, 6.45) is 2.85. The lowest BCUT2D eigenvalue weighted by Gasteiger charge is -2.09. The van der Waals surface area contributed by atoms with Crippen molar-refractivity contribution in [3.63, 3.8) is 0 Å². The van der Waals surface area contributed by atoms with E-state index in [0.717, 1.165) is 4.47 Å². The van der Waals surface area contributed by atoms with Gasteiger partial charge >= 0.3 is 0 Å². The quantitative estimate of drug-likeness (QED) is 0.673. The summed E-state index contributed by atoms with van der Waals surface area (Å²) in [6, 6.07) is 7.95. The summed E-state index contributed by atoms with van der Waals surface area (Å²) in [4.78, 5) is 27.9. The second kappa shape index (κ2) is 7.58. The third-order valence-corrected chi connectivity index (χ3v) is 4.11. The van der Waals surface area contributed by atoms with Gasteiger partial charge in [-0.25, -0.2) is 14.3 Å². The van der Waals surface area contributed by atoms with E-state index >= 15 is 0 Å². The van der Waals surface area contributed by atoms with Gasteiger partial charge in [0.2, 0.25) is 0 Å². The number of hydrogen-bond acceptors (Lipinski definition) is 5. The van der Waals surface area contributed by atoms with Crippen molar-refractivity contribution >= 4 is 33.4 Å². The summed E-state index contributed by atoms with van der Waals surface area (Å²) in [5.74, 6) is 0.130. The van der Waals surface area contributed by atoms with Gasteiger partial charge < -0.3 is 5.32 Å². The van der Waals surface area contributed by atoms with E-state index < -0.39 is 0 Å². The summed E-state index contributed by atoms with van der Waals surface area (Å²) in [7, 11) is 0. The predicted octanol–water partition coefficient (Wildman–Crippen LogP) is 1.67. The molecule has 25 heavy (non-hydrogen) atoms. The first kappa shape index (κ1) is 17.3. The van der Waals surface area contributed by atoms with Crippen LogP contribution in [0.1, 0.15) is 10.4 Å². The fraction of sp³-hybridized carbons (Fsp3) is 0.133. The van der Waals surface area contributed by atoms with Crippen LogP contribution >= 0.6 is 27.5 Å². The largest absolute Gasteiger partial charge is 0.350 e. The van der Waals surface area contributed by atoms with E-state index in [4.69, 9.17) is 11.6 Å². The van der Waals surface area contributed by atoms with Crippen LogP contribution in [0.25, 0.3) is 5.82 Å². The van der Waals surface area contributed by atoms with Gasteiger partial charge in [-0.15, -0.1) is 5.10 Å². The molecule has 0 aliphatic heterocycles. The highest BCUT2D eigenvalue weighted by molar-refractivity contribution is 9.10. The second-order valence-electron chi connectivity index (χ2n) is 4.97. The summed E-state index contributed by atoms with van der Waals surface area (Å²) < 4.78 is 3.44. The van der Waals surface area contributed by atoms with Crippen LogP contribution < -0.4 is 10.9 Å². The number of aromatic nitrogens is 5. The lowest BCUT2D eigenvalue weighted by atomic mass is 10.2. The molecular formula is C15H12BrClN6O2. The Morgan fingerprint density at radius 1 is 1.28 bits per heavy atom. The van der Waals surface area contributed by atoms with Crippen LogP contribution in [-0.2, 0) is 6.54 Å². The van der Waals surface area contributed by atoms with Crippen LogP contribution in [0.15, 0.2) is 52.3 Å². The van der Waals surface area contributed by atoms with Gasteiger partial charge in [0.05, 0.1) is 17.1 Å². The fourth-order valence-electron chi connectivity index (χ4n) is 2.09. The Labute approximate surface area is 155 Å². The smallest absolute Gasteiger partial charge is 0.266 e. The number of hydrogen-bond donors (Lipinski definition) is 1. The van der Waals surface area contributed by atoms with E-state index in [1.54, 1.807) is 24.3 Å². The number of carbonyl (C=O) groups excluding carboxylic acids is 1. The first-order chi connectivity index (χ1) is 12.0. The Balaban J connectivity index is 1.68. The average molecular weight is 424 g/mol. The highest BCUT2D eigenvalue weighted by Crippen LogP contribution is 2.20. The molecule has 0 atom stereocenters. The van der Waals surface area contributed by atoms with Gasteiger partial charge in [0.1, 0.15) is 12.7 Å². The maximum Gasteiger partial charge on any atom is 0.266 e. The second-order valence-corrected chi connectivity index (χ2v) is 6.30. The molecule has 1 N–H and O–H groups in total. The molecule has 128 valence electrons. The number of amides is 1. The van der Waals surface area contributed by atoms with Crippen molar-refractivity contribution in [2.45, 2.75) is 6.54 Å². The molecule has 0 radical (unpaired) electrons. The molecule has 0 spiro atoms. The first-order valence-electron chi connectivity index (χ1n) is 7.21. The van der Waals surface area contributed by atoms with Crippen molar-refractivity contribution in [2.24, 2.45) is 0 Å². The van der Waals surface area contributed by atoms with E-state index in [0.29, 0.717) is 16.4 Å². The van der Waals surface area contributed by atoms with Gasteiger partial charge in [-0.3, -0.25) is 9.59 Å². The maximum absolute atomic E-state index is 12.2. The number of rotatable bonds is 5. The van der Waals surface area contributed by atoms with Crippen molar-refractivity contribution in [3.8, 4) is 5.82 Å². The van der Waals surface area contributed by atoms with Crippen LogP contribution in [0.2, 0.25) is 5.02 Å². The number of carbonyl (C=O) groups is 1. The van der Waals surface area contributed by atoms with Gasteiger partial charge in [0.25, 0.3) is 11.5 Å². The van der Waals surface area contributed by atoms with Crippen molar-refractivity contribution < 1.29 is 4.79 Å². The molecule has 10 heteroatoms. The molecule has 0 bridgehead atoms. The lowest BCUT2D eigenvalue weighted by Crippen LogP contribution is -2.32. The van der Waals surface area contributed by atoms with E-state index in [1.165, 1.54) is 28.1 Å². The van der Waals surface area contributed by atoms with Gasteiger partial charge in [0.15, 0.2) is 5.82 Å². The standard InChI is InChI=1S/C15H12BrClN6O2/c16-10-1-2-12(17)11(7-10)15(25)19-5-6-22-14(24)4-3-13(21-22)23-9-18-8-20-23/h1-4,7-9H,5-6H2,(H,19,25). The topological polar surface area (TPSA) is 94.7 Å². The molecule has 0 aliphatic carbocycles. The van der Waals surface area contributed by atoms with Crippen molar-refractivity contribution in [2.75, 3.05) is 6.54 Å². The lowest BCUT2D eigenvalue weighted by molar-refractivity contribution is 0.0952. The minimum Gasteiger partial charge on any atom is -0.350 e. The first-order valence-corrected chi connectivity index (χ1v) is 8.38. The van der Waals surface area contributed by atoms with Crippen molar-refractivity contribution in [3.05, 3.63) is 68.4 Å². The Morgan fingerprint density at radius 2 is 2.12 bits per heavy atom. The zero-order valence-corrected chi connectivity index (χ0v) is 15.1. The predicted molar refractivity (Wildman–Crippen MR) is 94.9 cm³/mol. The molecule has 1 aromatic carbocycles.